The lowest BCUT2D eigenvalue weighted by molar-refractivity contribution is 0.819. The van der Waals surface area contributed by atoms with Gasteiger partial charge in [-0.3, -0.25) is 0 Å². The lowest BCUT2D eigenvalue weighted by Gasteiger charge is -2.23. The standard InChI is InChI=1S/C17H17N3/c1-2-12-20(13-10-15-7-4-3-5-8-15)17-16(14-18)9-6-11-19-17/h2-9,11H,1,10,12-13H2. The maximum absolute atomic E-state index is 9.18. The van der Waals surface area contributed by atoms with Crippen LogP contribution in [0, 0.1) is 11.3 Å². The van der Waals surface area contributed by atoms with E-state index in [1.54, 1.807) is 18.3 Å². The van der Waals surface area contributed by atoms with Crippen molar-refractivity contribution in [2.45, 2.75) is 6.42 Å². The summed E-state index contributed by atoms with van der Waals surface area (Å²) in [6.07, 6.45) is 4.46. The van der Waals surface area contributed by atoms with E-state index in [1.165, 1.54) is 5.56 Å². The largest absolute Gasteiger partial charge is 0.351 e. The van der Waals surface area contributed by atoms with Crippen LogP contribution in [0.4, 0.5) is 5.82 Å². The summed E-state index contributed by atoms with van der Waals surface area (Å²) in [5.74, 6) is 0.728. The highest BCUT2D eigenvalue weighted by molar-refractivity contribution is 5.53. The highest BCUT2D eigenvalue weighted by Gasteiger charge is 2.11. The van der Waals surface area contributed by atoms with Gasteiger partial charge in [0.15, 0.2) is 0 Å². The molecule has 0 unspecified atom stereocenters. The fourth-order valence-corrected chi connectivity index (χ4v) is 2.08. The minimum absolute atomic E-state index is 0.599. The third kappa shape index (κ3) is 3.46. The molecule has 0 fully saturated rings. The highest BCUT2D eigenvalue weighted by atomic mass is 15.2. The molecule has 1 aromatic heterocycles. The summed E-state index contributed by atoms with van der Waals surface area (Å²) < 4.78 is 0. The van der Waals surface area contributed by atoms with Crippen molar-refractivity contribution < 1.29 is 0 Å². The Hall–Kier alpha value is -2.60. The van der Waals surface area contributed by atoms with Gasteiger partial charge in [0.25, 0.3) is 0 Å². The Kier molecular flexibility index (Phi) is 4.91. The molecule has 100 valence electrons. The van der Waals surface area contributed by atoms with Gasteiger partial charge in [0.05, 0.1) is 5.56 Å². The molecule has 0 radical (unpaired) electrons. The fraction of sp³-hybridized carbons (Fsp3) is 0.176. The van der Waals surface area contributed by atoms with Gasteiger partial charge in [-0.25, -0.2) is 4.98 Å². The number of hydrogen-bond acceptors (Lipinski definition) is 3. The first-order valence-electron chi connectivity index (χ1n) is 6.60. The molecule has 2 rings (SSSR count). The smallest absolute Gasteiger partial charge is 0.146 e. The van der Waals surface area contributed by atoms with Gasteiger partial charge in [-0.2, -0.15) is 5.26 Å². The number of hydrogen-bond donors (Lipinski definition) is 0. The Morgan fingerprint density at radius 2 is 2.00 bits per heavy atom. The molecule has 0 amide bonds. The highest BCUT2D eigenvalue weighted by Crippen LogP contribution is 2.16. The molecule has 0 aliphatic carbocycles. The molecular weight excluding hydrogens is 246 g/mol. The van der Waals surface area contributed by atoms with Gasteiger partial charge in [-0.1, -0.05) is 36.4 Å². The average molecular weight is 263 g/mol. The lowest BCUT2D eigenvalue weighted by Crippen LogP contribution is -2.27. The van der Waals surface area contributed by atoms with Crippen molar-refractivity contribution >= 4 is 5.82 Å². The molecule has 0 aliphatic rings. The predicted octanol–water partition coefficient (Wildman–Crippen LogP) is 3.19. The van der Waals surface area contributed by atoms with Gasteiger partial charge in [-0.05, 0) is 24.1 Å². The molecular formula is C17H17N3. The maximum atomic E-state index is 9.18. The van der Waals surface area contributed by atoms with Crippen molar-refractivity contribution in [1.82, 2.24) is 4.98 Å². The fourth-order valence-electron chi connectivity index (χ4n) is 2.08. The van der Waals surface area contributed by atoms with Gasteiger partial charge < -0.3 is 4.90 Å². The van der Waals surface area contributed by atoms with Crippen molar-refractivity contribution in [2.24, 2.45) is 0 Å². The van der Waals surface area contributed by atoms with Gasteiger partial charge in [0, 0.05) is 19.3 Å². The number of pyridine rings is 1. The Bertz CT molecular complexity index is 599. The van der Waals surface area contributed by atoms with Crippen molar-refractivity contribution in [2.75, 3.05) is 18.0 Å². The minimum Gasteiger partial charge on any atom is -0.351 e. The normalized spacial score (nSPS) is 9.75. The van der Waals surface area contributed by atoms with Crippen LogP contribution in [0.25, 0.3) is 0 Å². The molecule has 0 aliphatic heterocycles. The summed E-state index contributed by atoms with van der Waals surface area (Å²) in [4.78, 5) is 6.42. The molecule has 3 nitrogen and oxygen atoms in total. The van der Waals surface area contributed by atoms with Crippen LogP contribution in [0.3, 0.4) is 0 Å². The van der Waals surface area contributed by atoms with Gasteiger partial charge in [0.2, 0.25) is 0 Å². The topological polar surface area (TPSA) is 39.9 Å². The SMILES string of the molecule is C=CCN(CCc1ccccc1)c1ncccc1C#N. The van der Waals surface area contributed by atoms with Crippen LogP contribution in [0.2, 0.25) is 0 Å². The molecule has 3 heteroatoms. The number of anilines is 1. The van der Waals surface area contributed by atoms with Gasteiger partial charge in [0.1, 0.15) is 11.9 Å². The number of rotatable bonds is 6. The summed E-state index contributed by atoms with van der Waals surface area (Å²) >= 11 is 0. The first kappa shape index (κ1) is 13.8. The van der Waals surface area contributed by atoms with Crippen LogP contribution in [0.5, 0.6) is 0 Å². The van der Waals surface area contributed by atoms with Crippen molar-refractivity contribution in [3.05, 3.63) is 72.4 Å². The molecule has 0 atom stereocenters. The van der Waals surface area contributed by atoms with E-state index >= 15 is 0 Å². The summed E-state index contributed by atoms with van der Waals surface area (Å²) in [7, 11) is 0. The van der Waals surface area contributed by atoms with Gasteiger partial charge >= 0.3 is 0 Å². The van der Waals surface area contributed by atoms with Crippen LogP contribution >= 0.6 is 0 Å². The Morgan fingerprint density at radius 3 is 2.70 bits per heavy atom. The summed E-state index contributed by atoms with van der Waals surface area (Å²) in [6.45, 7) is 5.27. The molecule has 0 N–H and O–H groups in total. The third-order valence-electron chi connectivity index (χ3n) is 3.07. The minimum atomic E-state index is 0.599. The van der Waals surface area contributed by atoms with Crippen LogP contribution in [0.1, 0.15) is 11.1 Å². The van der Waals surface area contributed by atoms with Crippen molar-refractivity contribution in [1.29, 1.82) is 5.26 Å². The number of aromatic nitrogens is 1. The number of nitriles is 1. The number of benzene rings is 1. The molecule has 20 heavy (non-hydrogen) atoms. The zero-order valence-electron chi connectivity index (χ0n) is 11.4. The Balaban J connectivity index is 2.15. The predicted molar refractivity (Wildman–Crippen MR) is 81.5 cm³/mol. The van der Waals surface area contributed by atoms with E-state index in [0.29, 0.717) is 12.1 Å². The van der Waals surface area contributed by atoms with Gasteiger partial charge in [-0.15, -0.1) is 6.58 Å². The van der Waals surface area contributed by atoms with E-state index in [-0.39, 0.29) is 0 Å². The van der Waals surface area contributed by atoms with E-state index in [0.717, 1.165) is 18.8 Å². The first-order chi connectivity index (χ1) is 9.85. The Labute approximate surface area is 119 Å². The zero-order valence-corrected chi connectivity index (χ0v) is 11.4. The molecule has 0 saturated heterocycles. The number of nitrogens with zero attached hydrogens (tertiary/aromatic N) is 3. The van der Waals surface area contributed by atoms with Crippen LogP contribution in [-0.2, 0) is 6.42 Å². The van der Waals surface area contributed by atoms with E-state index in [2.05, 4.69) is 34.7 Å². The van der Waals surface area contributed by atoms with E-state index in [9.17, 15) is 5.26 Å². The van der Waals surface area contributed by atoms with Crippen LogP contribution in [0.15, 0.2) is 61.3 Å². The second-order valence-electron chi connectivity index (χ2n) is 4.46. The molecule has 2 aromatic rings. The molecule has 1 heterocycles. The van der Waals surface area contributed by atoms with Crippen LogP contribution in [-0.4, -0.2) is 18.1 Å². The average Bonchev–Trinajstić information content (AvgIpc) is 2.52. The van der Waals surface area contributed by atoms with Crippen molar-refractivity contribution in [3.8, 4) is 6.07 Å². The molecule has 0 bridgehead atoms. The quantitative estimate of drug-likeness (QED) is 0.751. The third-order valence-corrected chi connectivity index (χ3v) is 3.07. The molecule has 0 spiro atoms. The van der Waals surface area contributed by atoms with E-state index in [1.807, 2.05) is 24.3 Å². The molecule has 0 saturated carbocycles. The zero-order chi connectivity index (χ0) is 14.2. The second-order valence-corrected chi connectivity index (χ2v) is 4.46. The maximum Gasteiger partial charge on any atom is 0.146 e. The summed E-state index contributed by atoms with van der Waals surface area (Å²) in [5.41, 5.74) is 1.87. The van der Waals surface area contributed by atoms with E-state index < -0.39 is 0 Å². The summed E-state index contributed by atoms with van der Waals surface area (Å²) in [5, 5.41) is 9.18. The second kappa shape index (κ2) is 7.10. The monoisotopic (exact) mass is 263 g/mol. The Morgan fingerprint density at radius 1 is 1.20 bits per heavy atom. The lowest BCUT2D eigenvalue weighted by atomic mass is 10.1. The molecule has 1 aromatic carbocycles. The van der Waals surface area contributed by atoms with E-state index in [4.69, 9.17) is 0 Å². The van der Waals surface area contributed by atoms with Crippen LogP contribution < -0.4 is 4.90 Å². The van der Waals surface area contributed by atoms with Crippen molar-refractivity contribution in [3.63, 3.8) is 0 Å². The summed E-state index contributed by atoms with van der Waals surface area (Å²) in [6, 6.07) is 16.1. The first-order valence-corrected chi connectivity index (χ1v) is 6.60.